The fourth-order valence-corrected chi connectivity index (χ4v) is 3.96. The molecule has 0 bridgehead atoms. The van der Waals surface area contributed by atoms with Crippen LogP contribution in [0.1, 0.15) is 71.1 Å². The summed E-state index contributed by atoms with van der Waals surface area (Å²) in [6.07, 6.45) is 5.65. The lowest BCUT2D eigenvalue weighted by molar-refractivity contribution is -0.132. The van der Waals surface area contributed by atoms with E-state index in [1.807, 2.05) is 0 Å². The third-order valence-electron chi connectivity index (χ3n) is 6.03. The summed E-state index contributed by atoms with van der Waals surface area (Å²) in [5.74, 6) is -0.282. The number of nitrogens with zero attached hydrogens (tertiary/aromatic N) is 2. The molecule has 1 aliphatic carbocycles. The average Bonchev–Trinajstić information content (AvgIpc) is 2.62. The Bertz CT molecular complexity index is 844. The Kier molecular flexibility index (Phi) is 6.22. The number of aryl methyl sites for hydroxylation is 1. The highest BCUT2D eigenvalue weighted by Crippen LogP contribution is 2.47. The number of carbonyl (C=O) groups is 1. The number of hydrogen-bond donors (Lipinski definition) is 1. The third-order valence-corrected chi connectivity index (χ3v) is 6.03. The fraction of sp³-hybridized carbons (Fsp3) is 0.500. The van der Waals surface area contributed by atoms with Gasteiger partial charge in [0, 0.05) is 17.8 Å². The lowest BCUT2D eigenvalue weighted by Crippen LogP contribution is -2.34. The number of aliphatic carboxylic acids is 1. The number of carboxylic acids is 1. The van der Waals surface area contributed by atoms with Crippen molar-refractivity contribution in [1.82, 2.24) is 0 Å². The van der Waals surface area contributed by atoms with Crippen LogP contribution in [0.2, 0.25) is 0 Å². The maximum Gasteiger partial charge on any atom is 0.331 e. The van der Waals surface area contributed by atoms with Gasteiger partial charge in [-0.2, -0.15) is 0 Å². The van der Waals surface area contributed by atoms with E-state index in [1.54, 1.807) is 19.1 Å². The normalized spacial score (nSPS) is 18.4. The number of allylic oxidation sites excluding steroid dienone is 2. The zero-order chi connectivity index (χ0) is 21.3. The minimum atomic E-state index is -0.934. The first kappa shape index (κ1) is 21.9. The molecule has 4 heteroatoms. The highest BCUT2D eigenvalue weighted by Gasteiger charge is 2.37. The summed E-state index contributed by atoms with van der Waals surface area (Å²) in [5.41, 5.74) is 5.68. The Morgan fingerprint density at radius 2 is 1.71 bits per heavy atom. The maximum atomic E-state index is 11.1. The van der Waals surface area contributed by atoms with Crippen molar-refractivity contribution in [2.75, 3.05) is 11.4 Å². The zero-order valence-electron chi connectivity index (χ0n) is 18.4. The number of benzene rings is 1. The van der Waals surface area contributed by atoms with Crippen molar-refractivity contribution in [3.63, 3.8) is 0 Å². The average molecular weight is 383 g/mol. The van der Waals surface area contributed by atoms with Crippen LogP contribution in [-0.2, 0) is 15.6 Å². The van der Waals surface area contributed by atoms with Crippen LogP contribution in [0.5, 0.6) is 0 Å². The largest absolute Gasteiger partial charge is 0.478 e. The predicted octanol–water partition coefficient (Wildman–Crippen LogP) is 5.74. The minimum Gasteiger partial charge on any atom is -0.478 e. The Balaban J connectivity index is 2.62. The van der Waals surface area contributed by atoms with Gasteiger partial charge in [0.25, 0.3) is 0 Å². The van der Waals surface area contributed by atoms with Crippen molar-refractivity contribution < 1.29 is 9.90 Å². The molecule has 0 amide bonds. The topological polar surface area (TPSA) is 52.9 Å². The summed E-state index contributed by atoms with van der Waals surface area (Å²) >= 11 is 0. The van der Waals surface area contributed by atoms with Crippen LogP contribution in [0.25, 0.3) is 0 Å². The molecule has 0 fully saturated rings. The van der Waals surface area contributed by atoms with Gasteiger partial charge in [0.05, 0.1) is 0 Å². The van der Waals surface area contributed by atoms with Gasteiger partial charge in [0.15, 0.2) is 0 Å². The van der Waals surface area contributed by atoms with Crippen LogP contribution in [0.3, 0.4) is 0 Å². The molecule has 0 atom stereocenters. The van der Waals surface area contributed by atoms with Crippen molar-refractivity contribution in [1.29, 1.82) is 0 Å². The fourth-order valence-electron chi connectivity index (χ4n) is 3.96. The highest BCUT2D eigenvalue weighted by molar-refractivity contribution is 5.86. The Morgan fingerprint density at radius 3 is 2.18 bits per heavy atom. The lowest BCUT2D eigenvalue weighted by Gasteiger charge is -2.43. The van der Waals surface area contributed by atoms with Gasteiger partial charge in [0.2, 0.25) is 0 Å². The maximum absolute atomic E-state index is 11.1. The van der Waals surface area contributed by atoms with Crippen LogP contribution < -0.4 is 4.90 Å². The molecule has 152 valence electrons. The van der Waals surface area contributed by atoms with Crippen LogP contribution in [-0.4, -0.2) is 24.3 Å². The van der Waals surface area contributed by atoms with Gasteiger partial charge in [-0.25, -0.2) is 9.79 Å². The van der Waals surface area contributed by atoms with E-state index >= 15 is 0 Å². The first-order valence-corrected chi connectivity index (χ1v) is 9.96. The molecular weight excluding hydrogens is 348 g/mol. The predicted molar refractivity (Wildman–Crippen MR) is 119 cm³/mol. The van der Waals surface area contributed by atoms with Crippen molar-refractivity contribution in [2.45, 2.75) is 72.1 Å². The Hall–Kier alpha value is -2.36. The Labute approximate surface area is 169 Å². The number of carboxylic acid groups (broad SMARTS) is 1. The molecule has 0 spiro atoms. The lowest BCUT2D eigenvalue weighted by atomic mass is 9.63. The first-order chi connectivity index (χ1) is 12.9. The first-order valence-electron chi connectivity index (χ1n) is 9.96. The zero-order valence-corrected chi connectivity index (χ0v) is 18.4. The number of anilines is 1. The summed E-state index contributed by atoms with van der Waals surface area (Å²) < 4.78 is 0. The summed E-state index contributed by atoms with van der Waals surface area (Å²) in [4.78, 5) is 17.4. The monoisotopic (exact) mass is 382 g/mol. The molecular formula is C24H34N2O2. The molecule has 0 unspecified atom stereocenters. The van der Waals surface area contributed by atoms with Crippen LogP contribution in [0.15, 0.2) is 40.7 Å². The number of aliphatic imine (C=N–C) groups is 1. The standard InChI is InChI=1S/C24H34N2O2/c1-9-26(21(25-8)11-10-16(2)22(27)28)20-15-19-18(14-17(20)3)23(4,5)12-13-24(19,6)7/h10-11,14-15H,8-9,12-13H2,1-7H3,(H,27,28)/b16-10+,21-11+. The molecule has 0 radical (unpaired) electrons. The van der Waals surface area contributed by atoms with Crippen molar-refractivity contribution in [2.24, 2.45) is 4.99 Å². The van der Waals surface area contributed by atoms with E-state index in [2.05, 4.69) is 70.3 Å². The minimum absolute atomic E-state index is 0.123. The Morgan fingerprint density at radius 1 is 1.18 bits per heavy atom. The molecule has 28 heavy (non-hydrogen) atoms. The third kappa shape index (κ3) is 4.21. The molecule has 1 aromatic rings. The SMILES string of the molecule is C=N/C(=C\C=C(/C)C(=O)O)N(CC)c1cc2c(cc1C)C(C)(C)CCC2(C)C. The quantitative estimate of drug-likeness (QED) is 0.387. The van der Waals surface area contributed by atoms with Crippen LogP contribution in [0.4, 0.5) is 5.69 Å². The van der Waals surface area contributed by atoms with Gasteiger partial charge >= 0.3 is 5.97 Å². The summed E-state index contributed by atoms with van der Waals surface area (Å²) in [7, 11) is 0. The van der Waals surface area contributed by atoms with E-state index in [0.29, 0.717) is 12.4 Å². The van der Waals surface area contributed by atoms with E-state index in [4.69, 9.17) is 5.11 Å². The molecule has 4 nitrogen and oxygen atoms in total. The molecule has 1 aliphatic rings. The molecule has 2 rings (SSSR count). The van der Waals surface area contributed by atoms with Crippen molar-refractivity contribution >= 4 is 18.4 Å². The van der Waals surface area contributed by atoms with Gasteiger partial charge in [-0.05, 0) is 86.1 Å². The smallest absolute Gasteiger partial charge is 0.331 e. The van der Waals surface area contributed by atoms with E-state index in [0.717, 1.165) is 12.1 Å². The van der Waals surface area contributed by atoms with Crippen molar-refractivity contribution in [3.8, 4) is 0 Å². The molecule has 0 saturated carbocycles. The van der Waals surface area contributed by atoms with Gasteiger partial charge in [0.1, 0.15) is 5.82 Å². The molecule has 0 saturated heterocycles. The highest BCUT2D eigenvalue weighted by atomic mass is 16.4. The number of rotatable bonds is 6. The van der Waals surface area contributed by atoms with Gasteiger partial charge in [-0.3, -0.25) is 0 Å². The molecule has 1 aromatic carbocycles. The second-order valence-corrected chi connectivity index (χ2v) is 9.03. The second-order valence-electron chi connectivity index (χ2n) is 9.03. The van der Waals surface area contributed by atoms with E-state index in [-0.39, 0.29) is 16.4 Å². The summed E-state index contributed by atoms with van der Waals surface area (Å²) in [5, 5.41) is 9.11. The van der Waals surface area contributed by atoms with E-state index in [1.165, 1.54) is 23.1 Å². The van der Waals surface area contributed by atoms with E-state index < -0.39 is 5.97 Å². The van der Waals surface area contributed by atoms with Crippen LogP contribution >= 0.6 is 0 Å². The molecule has 0 aliphatic heterocycles. The molecule has 0 aromatic heterocycles. The molecule has 0 heterocycles. The van der Waals surface area contributed by atoms with Gasteiger partial charge in [-0.15, -0.1) is 0 Å². The molecule has 1 N–H and O–H groups in total. The second kappa shape index (κ2) is 7.94. The van der Waals surface area contributed by atoms with Gasteiger partial charge < -0.3 is 10.0 Å². The van der Waals surface area contributed by atoms with Crippen LogP contribution in [0, 0.1) is 6.92 Å². The number of fused-ring (bicyclic) bond motifs is 1. The number of hydrogen-bond acceptors (Lipinski definition) is 3. The van der Waals surface area contributed by atoms with E-state index in [9.17, 15) is 4.79 Å². The summed E-state index contributed by atoms with van der Waals surface area (Å²) in [6, 6.07) is 4.63. The summed E-state index contributed by atoms with van der Waals surface area (Å²) in [6.45, 7) is 19.5. The van der Waals surface area contributed by atoms with Gasteiger partial charge in [-0.1, -0.05) is 33.8 Å². The van der Waals surface area contributed by atoms with Crippen molar-refractivity contribution in [3.05, 3.63) is 52.4 Å².